The van der Waals surface area contributed by atoms with Crippen molar-refractivity contribution in [3.8, 4) is 0 Å². The van der Waals surface area contributed by atoms with Crippen LogP contribution in [-0.4, -0.2) is 4.40 Å². The fourth-order valence-electron chi connectivity index (χ4n) is 1.56. The lowest BCUT2D eigenvalue weighted by molar-refractivity contribution is 1.30. The van der Waals surface area contributed by atoms with Gasteiger partial charge in [-0.05, 0) is 40.2 Å². The number of fused-ring (bicyclic) bond motifs is 3. The predicted molar refractivity (Wildman–Crippen MR) is 60.5 cm³/mol. The quantitative estimate of drug-likeness (QED) is 0.571. The molecule has 0 aliphatic rings. The van der Waals surface area contributed by atoms with E-state index in [1.54, 1.807) is 0 Å². The Labute approximate surface area is 87.7 Å². The number of para-hydroxylation sites is 1. The molecule has 1 aromatic carbocycles. The molecule has 0 radical (unpaired) electrons. The van der Waals surface area contributed by atoms with E-state index < -0.39 is 0 Å². The van der Waals surface area contributed by atoms with E-state index in [1.165, 1.54) is 15.0 Å². The summed E-state index contributed by atoms with van der Waals surface area (Å²) in [4.78, 5) is 1.29. The summed E-state index contributed by atoms with van der Waals surface area (Å²) in [6, 6.07) is 10.5. The zero-order chi connectivity index (χ0) is 8.84. The van der Waals surface area contributed by atoms with Crippen LogP contribution in [0.2, 0.25) is 0 Å². The topological polar surface area (TPSA) is 4.41 Å². The third kappa shape index (κ3) is 0.974. The second kappa shape index (κ2) is 2.59. The molecule has 3 aromatic rings. The molecule has 2 heterocycles. The summed E-state index contributed by atoms with van der Waals surface area (Å²) in [6.07, 6.45) is 2.10. The molecule has 0 N–H and O–H groups in total. The Balaban J connectivity index is 2.68. The molecule has 2 aromatic heterocycles. The Bertz CT molecular complexity index is 579. The molecule has 3 rings (SSSR count). The monoisotopic (exact) mass is 251 g/mol. The van der Waals surface area contributed by atoms with E-state index in [-0.39, 0.29) is 0 Å². The molecule has 0 fully saturated rings. The van der Waals surface area contributed by atoms with Gasteiger partial charge >= 0.3 is 0 Å². The highest BCUT2D eigenvalue weighted by atomic mass is 79.9. The van der Waals surface area contributed by atoms with Crippen LogP contribution in [0.1, 0.15) is 0 Å². The summed E-state index contributed by atoms with van der Waals surface area (Å²) in [6.45, 7) is 0. The number of aromatic nitrogens is 1. The average molecular weight is 252 g/mol. The Morgan fingerprint density at radius 2 is 2.08 bits per heavy atom. The van der Waals surface area contributed by atoms with Gasteiger partial charge in [-0.3, -0.25) is 0 Å². The van der Waals surface area contributed by atoms with Gasteiger partial charge in [-0.2, -0.15) is 0 Å². The van der Waals surface area contributed by atoms with Crippen molar-refractivity contribution in [3.05, 3.63) is 41.0 Å². The molecule has 13 heavy (non-hydrogen) atoms. The first kappa shape index (κ1) is 7.59. The molecule has 0 saturated carbocycles. The van der Waals surface area contributed by atoms with Crippen LogP contribution >= 0.6 is 27.3 Å². The van der Waals surface area contributed by atoms with Crippen molar-refractivity contribution in [2.75, 3.05) is 0 Å². The molecule has 0 aliphatic heterocycles. The first-order valence-electron chi connectivity index (χ1n) is 4.00. The predicted octanol–water partition coefficient (Wildman–Crippen LogP) is 3.92. The Hall–Kier alpha value is -0.800. The highest BCUT2D eigenvalue weighted by Crippen LogP contribution is 2.31. The summed E-state index contributed by atoms with van der Waals surface area (Å²) >= 11 is 5.38. The molecule has 0 saturated heterocycles. The van der Waals surface area contributed by atoms with Crippen LogP contribution in [0.25, 0.3) is 15.0 Å². The smallest absolute Gasteiger partial charge is 0.100 e. The van der Waals surface area contributed by atoms with Crippen LogP contribution in [0, 0.1) is 0 Å². The lowest BCUT2D eigenvalue weighted by Gasteiger charge is -1.93. The highest BCUT2D eigenvalue weighted by Gasteiger charge is 2.05. The van der Waals surface area contributed by atoms with E-state index in [0.29, 0.717) is 0 Å². The Morgan fingerprint density at radius 3 is 3.00 bits per heavy atom. The number of nitrogens with zero attached hydrogens (tertiary/aromatic N) is 1. The molecule has 0 atom stereocenters. The van der Waals surface area contributed by atoms with E-state index >= 15 is 0 Å². The lowest BCUT2D eigenvalue weighted by atomic mass is 10.3. The first-order chi connectivity index (χ1) is 6.36. The second-order valence-electron chi connectivity index (χ2n) is 2.91. The van der Waals surface area contributed by atoms with E-state index in [1.807, 2.05) is 11.3 Å². The van der Waals surface area contributed by atoms with Crippen molar-refractivity contribution in [1.29, 1.82) is 0 Å². The summed E-state index contributed by atoms with van der Waals surface area (Å²) < 4.78 is 4.70. The van der Waals surface area contributed by atoms with Gasteiger partial charge in [0.05, 0.1) is 10.2 Å². The van der Waals surface area contributed by atoms with Gasteiger partial charge in [0.1, 0.15) is 4.83 Å². The summed E-state index contributed by atoms with van der Waals surface area (Å²) in [5, 5.41) is 0. The molecule has 0 unspecified atom stereocenters. The van der Waals surface area contributed by atoms with Gasteiger partial charge in [0.2, 0.25) is 0 Å². The first-order valence-corrected chi connectivity index (χ1v) is 5.61. The summed E-state index contributed by atoms with van der Waals surface area (Å²) in [5.74, 6) is 0. The van der Waals surface area contributed by atoms with Crippen molar-refractivity contribution in [2.45, 2.75) is 0 Å². The van der Waals surface area contributed by atoms with Gasteiger partial charge in [0.15, 0.2) is 0 Å². The number of hydrogen-bond donors (Lipinski definition) is 0. The number of rotatable bonds is 0. The molecule has 0 amide bonds. The minimum absolute atomic E-state index is 1.16. The number of halogens is 1. The maximum atomic E-state index is 3.57. The third-order valence-electron chi connectivity index (χ3n) is 2.12. The van der Waals surface area contributed by atoms with Crippen molar-refractivity contribution in [1.82, 2.24) is 4.40 Å². The molecule has 1 nitrogen and oxygen atoms in total. The molecular formula is C10H6BrNS. The van der Waals surface area contributed by atoms with Crippen LogP contribution in [0.15, 0.2) is 41.0 Å². The average Bonchev–Trinajstić information content (AvgIpc) is 2.62. The van der Waals surface area contributed by atoms with Crippen LogP contribution in [0.3, 0.4) is 0 Å². The maximum Gasteiger partial charge on any atom is 0.100 e. The van der Waals surface area contributed by atoms with Gasteiger partial charge in [0, 0.05) is 10.7 Å². The van der Waals surface area contributed by atoms with Gasteiger partial charge in [0.25, 0.3) is 0 Å². The van der Waals surface area contributed by atoms with Gasteiger partial charge < -0.3 is 4.40 Å². The van der Waals surface area contributed by atoms with Crippen molar-refractivity contribution < 1.29 is 0 Å². The van der Waals surface area contributed by atoms with Crippen LogP contribution in [0.4, 0.5) is 0 Å². The SMILES string of the molecule is Brc1cccc2sc3cccn3c12. The molecule has 3 heteroatoms. The fourth-order valence-corrected chi connectivity index (χ4v) is 3.32. The Kier molecular flexibility index (Phi) is 1.51. The summed E-state index contributed by atoms with van der Waals surface area (Å²) in [7, 11) is 0. The van der Waals surface area contributed by atoms with E-state index in [0.717, 1.165) is 4.47 Å². The van der Waals surface area contributed by atoms with Crippen LogP contribution in [-0.2, 0) is 0 Å². The number of benzene rings is 1. The van der Waals surface area contributed by atoms with Crippen molar-refractivity contribution >= 4 is 42.3 Å². The van der Waals surface area contributed by atoms with Gasteiger partial charge in [-0.15, -0.1) is 11.3 Å². The maximum absolute atomic E-state index is 3.57. The van der Waals surface area contributed by atoms with E-state index in [2.05, 4.69) is 56.9 Å². The highest BCUT2D eigenvalue weighted by molar-refractivity contribution is 9.10. The molecule has 0 aliphatic carbocycles. The third-order valence-corrected chi connectivity index (χ3v) is 3.85. The minimum atomic E-state index is 1.16. The molecule has 0 bridgehead atoms. The zero-order valence-corrected chi connectivity index (χ0v) is 9.10. The van der Waals surface area contributed by atoms with Gasteiger partial charge in [-0.1, -0.05) is 6.07 Å². The van der Waals surface area contributed by atoms with E-state index in [9.17, 15) is 0 Å². The standard InChI is InChI=1S/C10H6BrNS/c11-7-3-1-4-8-10(7)12-6-2-5-9(12)13-8/h1-6H. The second-order valence-corrected chi connectivity index (χ2v) is 4.82. The Morgan fingerprint density at radius 1 is 1.15 bits per heavy atom. The number of hydrogen-bond acceptors (Lipinski definition) is 1. The van der Waals surface area contributed by atoms with Gasteiger partial charge in [-0.25, -0.2) is 0 Å². The summed E-state index contributed by atoms with van der Waals surface area (Å²) in [5.41, 5.74) is 1.27. The van der Waals surface area contributed by atoms with Crippen molar-refractivity contribution in [2.24, 2.45) is 0 Å². The lowest BCUT2D eigenvalue weighted by Crippen LogP contribution is -1.76. The van der Waals surface area contributed by atoms with Crippen LogP contribution in [0.5, 0.6) is 0 Å². The van der Waals surface area contributed by atoms with E-state index in [4.69, 9.17) is 0 Å². The minimum Gasteiger partial charge on any atom is -0.306 e. The fraction of sp³-hybridized carbons (Fsp3) is 0. The molecule has 64 valence electrons. The largest absolute Gasteiger partial charge is 0.306 e. The van der Waals surface area contributed by atoms with Crippen molar-refractivity contribution in [3.63, 3.8) is 0 Å². The van der Waals surface area contributed by atoms with Crippen LogP contribution < -0.4 is 0 Å². The normalized spacial score (nSPS) is 11.5. The molecular weight excluding hydrogens is 246 g/mol. The number of thiazole rings is 1. The molecule has 0 spiro atoms. The zero-order valence-electron chi connectivity index (χ0n) is 6.70.